The first-order valence-corrected chi connectivity index (χ1v) is 11.4. The number of aliphatic carboxylic acids is 1. The number of amides is 1. The molecule has 1 amide bonds. The van der Waals surface area contributed by atoms with Crippen LogP contribution in [0.5, 0.6) is 0 Å². The number of anilines is 1. The third-order valence-electron chi connectivity index (χ3n) is 6.59. The number of hydrogen-bond donors (Lipinski definition) is 2. The summed E-state index contributed by atoms with van der Waals surface area (Å²) in [6.45, 7) is 1.46. The van der Waals surface area contributed by atoms with Crippen LogP contribution >= 0.6 is 0 Å². The van der Waals surface area contributed by atoms with Gasteiger partial charge in [0, 0.05) is 24.2 Å². The van der Waals surface area contributed by atoms with Crippen molar-refractivity contribution < 1.29 is 27.9 Å². The molecule has 10 heteroatoms. The number of carboxylic acid groups (broad SMARTS) is 1. The van der Waals surface area contributed by atoms with Gasteiger partial charge in [0.05, 0.1) is 23.3 Å². The summed E-state index contributed by atoms with van der Waals surface area (Å²) in [5.74, 6) is -1.67. The molecule has 1 saturated carbocycles. The van der Waals surface area contributed by atoms with Gasteiger partial charge in [-0.25, -0.2) is 9.78 Å². The van der Waals surface area contributed by atoms with E-state index in [0.717, 1.165) is 31.4 Å². The molecule has 2 fully saturated rings. The van der Waals surface area contributed by atoms with Crippen molar-refractivity contribution in [2.75, 3.05) is 5.32 Å². The lowest BCUT2D eigenvalue weighted by molar-refractivity contribution is -0.152. The lowest BCUT2D eigenvalue weighted by atomic mass is 9.87. The third-order valence-corrected chi connectivity index (χ3v) is 6.59. The highest BCUT2D eigenvalue weighted by molar-refractivity contribution is 5.86. The molecule has 2 aromatic rings. The second-order valence-corrected chi connectivity index (χ2v) is 9.00. The number of carbonyl (C=O) groups is 2. The van der Waals surface area contributed by atoms with E-state index in [-0.39, 0.29) is 29.8 Å². The van der Waals surface area contributed by atoms with Gasteiger partial charge in [-0.1, -0.05) is 25.3 Å². The number of carboxylic acids is 1. The molecular weight excluding hydrogens is 449 g/mol. The van der Waals surface area contributed by atoms with Crippen LogP contribution in [0.3, 0.4) is 0 Å². The number of likely N-dealkylation sites (tertiary alicyclic amines) is 1. The summed E-state index contributed by atoms with van der Waals surface area (Å²) in [7, 11) is 0. The van der Waals surface area contributed by atoms with Crippen LogP contribution in [0.2, 0.25) is 0 Å². The maximum absolute atomic E-state index is 13.6. The van der Waals surface area contributed by atoms with Gasteiger partial charge in [-0.2, -0.15) is 13.2 Å². The summed E-state index contributed by atoms with van der Waals surface area (Å²) >= 11 is 0. The van der Waals surface area contributed by atoms with Gasteiger partial charge in [0.25, 0.3) is 0 Å². The fourth-order valence-corrected chi connectivity index (χ4v) is 5.08. The number of aryl methyl sites for hydroxylation is 1. The van der Waals surface area contributed by atoms with Gasteiger partial charge in [0.1, 0.15) is 11.9 Å². The van der Waals surface area contributed by atoms with Crippen molar-refractivity contribution in [1.29, 1.82) is 0 Å². The van der Waals surface area contributed by atoms with Gasteiger partial charge in [0.2, 0.25) is 5.91 Å². The second-order valence-electron chi connectivity index (χ2n) is 9.00. The molecule has 2 aromatic heterocycles. The van der Waals surface area contributed by atoms with Crippen molar-refractivity contribution in [3.63, 3.8) is 0 Å². The molecule has 1 aliphatic carbocycles. The first-order chi connectivity index (χ1) is 16.1. The normalized spacial score (nSPS) is 23.6. The van der Waals surface area contributed by atoms with Gasteiger partial charge in [0.15, 0.2) is 0 Å². The Morgan fingerprint density at radius 1 is 1.15 bits per heavy atom. The first kappa shape index (κ1) is 24.0. The van der Waals surface area contributed by atoms with Crippen LogP contribution < -0.4 is 5.32 Å². The van der Waals surface area contributed by atoms with Crippen molar-refractivity contribution in [1.82, 2.24) is 14.9 Å². The maximum Gasteiger partial charge on any atom is 0.416 e. The number of nitrogens with zero attached hydrogens (tertiary/aromatic N) is 3. The van der Waals surface area contributed by atoms with E-state index in [0.29, 0.717) is 18.5 Å². The van der Waals surface area contributed by atoms with Crippen molar-refractivity contribution in [2.45, 2.75) is 69.8 Å². The largest absolute Gasteiger partial charge is 0.480 e. The Hall–Kier alpha value is -3.17. The zero-order valence-corrected chi connectivity index (χ0v) is 18.8. The number of halogens is 3. The predicted octanol–water partition coefficient (Wildman–Crippen LogP) is 4.59. The topological polar surface area (TPSA) is 95.4 Å². The molecule has 0 radical (unpaired) electrons. The SMILES string of the molecule is Cc1cc(C(F)(F)F)cc(NC2CC(C(=O)O)N(C(=O)C3CCCCC3)C2c2ccccn2)n1. The molecule has 3 unspecified atom stereocenters. The number of aromatic nitrogens is 2. The van der Waals surface area contributed by atoms with Gasteiger partial charge in [-0.15, -0.1) is 0 Å². The van der Waals surface area contributed by atoms with E-state index >= 15 is 0 Å². The number of alkyl halides is 3. The summed E-state index contributed by atoms with van der Waals surface area (Å²) in [5, 5.41) is 13.0. The van der Waals surface area contributed by atoms with E-state index in [9.17, 15) is 27.9 Å². The minimum atomic E-state index is -4.55. The van der Waals surface area contributed by atoms with Crippen LogP contribution in [0.1, 0.15) is 61.5 Å². The Balaban J connectivity index is 1.72. The second kappa shape index (κ2) is 9.60. The Labute approximate surface area is 195 Å². The molecule has 3 heterocycles. The number of hydrogen-bond acceptors (Lipinski definition) is 5. The van der Waals surface area contributed by atoms with E-state index in [4.69, 9.17) is 0 Å². The summed E-state index contributed by atoms with van der Waals surface area (Å²) in [6.07, 6.45) is 1.28. The molecular formula is C24H27F3N4O3. The van der Waals surface area contributed by atoms with E-state index in [1.807, 2.05) is 0 Å². The zero-order chi connectivity index (χ0) is 24.5. The molecule has 34 heavy (non-hydrogen) atoms. The average Bonchev–Trinajstić information content (AvgIpc) is 3.18. The molecule has 2 N–H and O–H groups in total. The number of pyridine rings is 2. The number of carbonyl (C=O) groups excluding carboxylic acids is 1. The molecule has 1 saturated heterocycles. The molecule has 7 nitrogen and oxygen atoms in total. The fourth-order valence-electron chi connectivity index (χ4n) is 5.08. The Bertz CT molecular complexity index is 1040. The summed E-state index contributed by atoms with van der Waals surface area (Å²) in [5.41, 5.74) is -0.189. The van der Waals surface area contributed by atoms with Crippen LogP contribution in [0.4, 0.5) is 19.0 Å². The highest BCUT2D eigenvalue weighted by Gasteiger charge is 2.50. The summed E-state index contributed by atoms with van der Waals surface area (Å²) in [4.78, 5) is 35.7. The van der Waals surface area contributed by atoms with Gasteiger partial charge < -0.3 is 15.3 Å². The van der Waals surface area contributed by atoms with E-state index < -0.39 is 35.8 Å². The molecule has 0 bridgehead atoms. The Morgan fingerprint density at radius 3 is 2.50 bits per heavy atom. The third kappa shape index (κ3) is 5.00. The lowest BCUT2D eigenvalue weighted by Crippen LogP contribution is -2.46. The van der Waals surface area contributed by atoms with Crippen LogP contribution in [-0.4, -0.2) is 43.9 Å². The number of nitrogens with one attached hydrogen (secondary N) is 1. The summed E-state index contributed by atoms with van der Waals surface area (Å²) in [6, 6.07) is 4.46. The molecule has 3 atom stereocenters. The van der Waals surface area contributed by atoms with Gasteiger partial charge >= 0.3 is 12.1 Å². The van der Waals surface area contributed by atoms with E-state index in [1.165, 1.54) is 11.8 Å². The molecule has 0 spiro atoms. The van der Waals surface area contributed by atoms with Crippen molar-refractivity contribution in [3.05, 3.63) is 53.5 Å². The quantitative estimate of drug-likeness (QED) is 0.655. The molecule has 2 aliphatic rings. The van der Waals surface area contributed by atoms with Gasteiger partial charge in [-0.05, 0) is 44.0 Å². The van der Waals surface area contributed by atoms with Crippen molar-refractivity contribution >= 4 is 17.7 Å². The molecule has 182 valence electrons. The smallest absolute Gasteiger partial charge is 0.416 e. The Morgan fingerprint density at radius 2 is 1.88 bits per heavy atom. The fraction of sp³-hybridized carbons (Fsp3) is 0.500. The Kier molecular flexibility index (Phi) is 6.77. The monoisotopic (exact) mass is 476 g/mol. The summed E-state index contributed by atoms with van der Waals surface area (Å²) < 4.78 is 40.0. The van der Waals surface area contributed by atoms with E-state index in [1.54, 1.807) is 24.4 Å². The highest BCUT2D eigenvalue weighted by atomic mass is 19.4. The highest BCUT2D eigenvalue weighted by Crippen LogP contribution is 2.41. The number of rotatable bonds is 5. The van der Waals surface area contributed by atoms with Crippen LogP contribution in [-0.2, 0) is 15.8 Å². The van der Waals surface area contributed by atoms with Gasteiger partial charge in [-0.3, -0.25) is 9.78 Å². The van der Waals surface area contributed by atoms with Crippen LogP contribution in [0.25, 0.3) is 0 Å². The standard InChI is InChI=1S/C24H27F3N4O3/c1-14-11-16(24(25,26)27)12-20(29-14)30-18-13-19(23(33)34)31(21(18)17-9-5-6-10-28-17)22(32)15-7-3-2-4-8-15/h5-6,9-12,15,18-19,21H,2-4,7-8,13H2,1H3,(H,29,30)(H,33,34). The maximum atomic E-state index is 13.6. The van der Waals surface area contributed by atoms with E-state index in [2.05, 4.69) is 15.3 Å². The minimum absolute atomic E-state index is 0.0191. The zero-order valence-electron chi connectivity index (χ0n) is 18.8. The minimum Gasteiger partial charge on any atom is -0.480 e. The molecule has 0 aromatic carbocycles. The predicted molar refractivity (Wildman–Crippen MR) is 118 cm³/mol. The van der Waals surface area contributed by atoms with Crippen LogP contribution in [0, 0.1) is 12.8 Å². The molecule has 4 rings (SSSR count). The average molecular weight is 476 g/mol. The van der Waals surface area contributed by atoms with Crippen molar-refractivity contribution in [2.24, 2.45) is 5.92 Å². The first-order valence-electron chi connectivity index (χ1n) is 11.4. The molecule has 1 aliphatic heterocycles. The van der Waals surface area contributed by atoms with Crippen molar-refractivity contribution in [3.8, 4) is 0 Å². The lowest BCUT2D eigenvalue weighted by Gasteiger charge is -2.34. The van der Waals surface area contributed by atoms with Crippen LogP contribution in [0.15, 0.2) is 36.5 Å².